The predicted molar refractivity (Wildman–Crippen MR) is 141 cm³/mol. The molecule has 36 heavy (non-hydrogen) atoms. The Balaban J connectivity index is 1.82. The van der Waals surface area contributed by atoms with Crippen LogP contribution in [-0.4, -0.2) is 41.6 Å². The molecule has 2 N–H and O–H groups in total. The van der Waals surface area contributed by atoms with Gasteiger partial charge in [0.15, 0.2) is 5.13 Å². The van der Waals surface area contributed by atoms with E-state index in [9.17, 15) is 4.79 Å². The zero-order chi connectivity index (χ0) is 25.2. The number of aliphatic hydroxyl groups is 1. The second-order valence-electron chi connectivity index (χ2n) is 7.73. The number of hydrogen-bond acceptors (Lipinski definition) is 8. The fourth-order valence-corrected chi connectivity index (χ4v) is 4.67. The number of aromatic nitrogens is 1. The maximum absolute atomic E-state index is 12.5. The molecule has 0 aliphatic heterocycles. The van der Waals surface area contributed by atoms with Crippen molar-refractivity contribution in [3.8, 4) is 0 Å². The lowest BCUT2D eigenvalue weighted by Gasteiger charge is -2.36. The molecule has 1 heterocycles. The first-order chi connectivity index (χ1) is 17.7. The molecule has 0 unspecified atom stereocenters. The van der Waals surface area contributed by atoms with Gasteiger partial charge in [0.2, 0.25) is 5.71 Å². The number of esters is 1. The van der Waals surface area contributed by atoms with E-state index in [1.54, 1.807) is 12.3 Å². The molecule has 4 rings (SSSR count). The summed E-state index contributed by atoms with van der Waals surface area (Å²) in [6.07, 6.45) is 0. The monoisotopic (exact) mass is 501 g/mol. The van der Waals surface area contributed by atoms with E-state index in [0.717, 1.165) is 16.7 Å². The predicted octanol–water partition coefficient (Wildman–Crippen LogP) is 4.82. The molecular weight excluding hydrogens is 474 g/mol. The summed E-state index contributed by atoms with van der Waals surface area (Å²) in [4.78, 5) is 22.3. The molecule has 0 fully saturated rings. The minimum atomic E-state index is -0.756. The zero-order valence-corrected chi connectivity index (χ0v) is 20.7. The molecule has 0 spiro atoms. The molecule has 0 aliphatic rings. The highest BCUT2D eigenvalue weighted by Crippen LogP contribution is 2.40. The van der Waals surface area contributed by atoms with Gasteiger partial charge in [-0.2, -0.15) is 0 Å². The Labute approximate surface area is 214 Å². The van der Waals surface area contributed by atoms with Crippen LogP contribution in [0.5, 0.6) is 0 Å². The molecule has 3 aromatic carbocycles. The van der Waals surface area contributed by atoms with E-state index < -0.39 is 11.5 Å². The smallest absolute Gasteiger partial charge is 0.362 e. The van der Waals surface area contributed by atoms with Gasteiger partial charge in [-0.25, -0.2) is 9.78 Å². The van der Waals surface area contributed by atoms with Crippen LogP contribution in [0.4, 0.5) is 5.13 Å². The number of carbonyl (C=O) groups is 1. The summed E-state index contributed by atoms with van der Waals surface area (Å²) in [7, 11) is 0. The number of nitrogens with one attached hydrogen (secondary N) is 1. The average molecular weight is 502 g/mol. The lowest BCUT2D eigenvalue weighted by Crippen LogP contribution is -2.38. The van der Waals surface area contributed by atoms with Crippen LogP contribution in [0.25, 0.3) is 0 Å². The van der Waals surface area contributed by atoms with E-state index in [0.29, 0.717) is 10.8 Å². The third-order valence-electron chi connectivity index (χ3n) is 5.47. The van der Waals surface area contributed by atoms with Crippen LogP contribution in [0.1, 0.15) is 29.3 Å². The molecule has 1 aromatic heterocycles. The fourth-order valence-electron chi connectivity index (χ4n) is 3.92. The zero-order valence-electron chi connectivity index (χ0n) is 19.8. The van der Waals surface area contributed by atoms with Crippen molar-refractivity contribution in [1.82, 2.24) is 4.98 Å². The Morgan fingerprint density at radius 1 is 0.944 bits per heavy atom. The van der Waals surface area contributed by atoms with E-state index in [1.807, 2.05) is 54.6 Å². The first-order valence-corrected chi connectivity index (χ1v) is 12.5. The van der Waals surface area contributed by atoms with Gasteiger partial charge in [-0.05, 0) is 23.6 Å². The molecule has 0 bridgehead atoms. The van der Waals surface area contributed by atoms with E-state index >= 15 is 0 Å². The number of oxime groups is 1. The Morgan fingerprint density at radius 2 is 1.47 bits per heavy atom. The number of ether oxygens (including phenoxy) is 1. The topological polar surface area (TPSA) is 93.0 Å². The number of rotatable bonds is 11. The number of nitrogens with zero attached hydrogens (tertiary/aromatic N) is 2. The van der Waals surface area contributed by atoms with Crippen molar-refractivity contribution in [1.29, 1.82) is 0 Å². The van der Waals surface area contributed by atoms with Crippen molar-refractivity contribution in [3.05, 3.63) is 119 Å². The maximum Gasteiger partial charge on any atom is 0.362 e. The minimum absolute atomic E-state index is 0.0444. The molecule has 0 amide bonds. The summed E-state index contributed by atoms with van der Waals surface area (Å²) >= 11 is 1.35. The minimum Gasteiger partial charge on any atom is -0.461 e. The molecule has 4 aromatic rings. The van der Waals surface area contributed by atoms with E-state index in [-0.39, 0.29) is 25.5 Å². The molecule has 0 saturated heterocycles. The Kier molecular flexibility index (Phi) is 8.44. The largest absolute Gasteiger partial charge is 0.461 e. The van der Waals surface area contributed by atoms with Crippen molar-refractivity contribution in [2.24, 2.45) is 5.16 Å². The standard InChI is InChI=1S/C28H27N3O4S/c1-2-34-26(33)25(31-35-19-18-32)24-20-36-27(29-24)30-28(21-12-6-3-7-13-21,22-14-8-4-9-15-22)23-16-10-5-11-17-23/h3-17,20,32H,2,18-19H2,1H3,(H,29,30). The number of hydrogen-bond donors (Lipinski definition) is 2. The van der Waals surface area contributed by atoms with Gasteiger partial charge in [0.1, 0.15) is 17.8 Å². The highest BCUT2D eigenvalue weighted by atomic mass is 32.1. The van der Waals surface area contributed by atoms with Crippen LogP contribution in [0.2, 0.25) is 0 Å². The summed E-state index contributed by atoms with van der Waals surface area (Å²) in [6.45, 7) is 1.63. The lowest BCUT2D eigenvalue weighted by atomic mass is 9.77. The average Bonchev–Trinajstić information content (AvgIpc) is 3.39. The molecule has 184 valence electrons. The van der Waals surface area contributed by atoms with Gasteiger partial charge >= 0.3 is 5.97 Å². The molecule has 0 atom stereocenters. The highest BCUT2D eigenvalue weighted by molar-refractivity contribution is 7.14. The van der Waals surface area contributed by atoms with E-state index in [2.05, 4.69) is 51.9 Å². The van der Waals surface area contributed by atoms with Crippen molar-refractivity contribution in [3.63, 3.8) is 0 Å². The maximum atomic E-state index is 12.5. The number of carbonyl (C=O) groups excluding carboxylic acids is 1. The number of thiazole rings is 1. The van der Waals surface area contributed by atoms with Crippen LogP contribution < -0.4 is 5.32 Å². The van der Waals surface area contributed by atoms with Crippen molar-refractivity contribution >= 4 is 28.1 Å². The lowest BCUT2D eigenvalue weighted by molar-refractivity contribution is -0.135. The third-order valence-corrected chi connectivity index (χ3v) is 6.23. The number of benzene rings is 3. The summed E-state index contributed by atoms with van der Waals surface area (Å²) in [5.74, 6) is -0.646. The molecule has 0 aliphatic carbocycles. The fraction of sp³-hybridized carbons (Fsp3) is 0.179. The first-order valence-electron chi connectivity index (χ1n) is 11.6. The molecular formula is C28H27N3O4S. The Bertz CT molecular complexity index is 1180. The van der Waals surface area contributed by atoms with Crippen molar-refractivity contribution < 1.29 is 19.5 Å². The Hall–Kier alpha value is -4.01. The van der Waals surface area contributed by atoms with Gasteiger partial charge in [0.05, 0.1) is 13.2 Å². The van der Waals surface area contributed by atoms with Crippen LogP contribution in [0.15, 0.2) is 102 Å². The normalized spacial score (nSPS) is 11.7. The molecule has 0 radical (unpaired) electrons. The van der Waals surface area contributed by atoms with Crippen molar-refractivity contribution in [2.45, 2.75) is 12.5 Å². The van der Waals surface area contributed by atoms with Gasteiger partial charge in [-0.1, -0.05) is 96.2 Å². The van der Waals surface area contributed by atoms with Crippen LogP contribution >= 0.6 is 11.3 Å². The van der Waals surface area contributed by atoms with Gasteiger partial charge < -0.3 is 20.0 Å². The SMILES string of the molecule is CCOC(=O)C(=NOCCO)c1csc(NC(c2ccccc2)(c2ccccc2)c2ccccc2)n1. The summed E-state index contributed by atoms with van der Waals surface area (Å²) in [5, 5.41) is 18.9. The first kappa shape index (κ1) is 25.1. The third kappa shape index (κ3) is 5.45. The van der Waals surface area contributed by atoms with Gasteiger partial charge in [0, 0.05) is 5.38 Å². The van der Waals surface area contributed by atoms with E-state index in [1.165, 1.54) is 11.3 Å². The molecule has 7 nitrogen and oxygen atoms in total. The van der Waals surface area contributed by atoms with Crippen LogP contribution in [-0.2, 0) is 19.9 Å². The quantitative estimate of drug-likeness (QED) is 0.101. The summed E-state index contributed by atoms with van der Waals surface area (Å²) in [5.41, 5.74) is 2.61. The van der Waals surface area contributed by atoms with Crippen LogP contribution in [0.3, 0.4) is 0 Å². The van der Waals surface area contributed by atoms with Crippen molar-refractivity contribution in [2.75, 3.05) is 25.1 Å². The van der Waals surface area contributed by atoms with E-state index in [4.69, 9.17) is 14.7 Å². The number of aliphatic hydroxyl groups excluding tert-OH is 1. The molecule has 8 heteroatoms. The molecule has 0 saturated carbocycles. The Morgan fingerprint density at radius 3 is 1.94 bits per heavy atom. The van der Waals surface area contributed by atoms with Gasteiger partial charge in [-0.3, -0.25) is 0 Å². The van der Waals surface area contributed by atoms with Crippen LogP contribution in [0, 0.1) is 0 Å². The highest BCUT2D eigenvalue weighted by Gasteiger charge is 2.37. The summed E-state index contributed by atoms with van der Waals surface area (Å²) < 4.78 is 5.14. The summed E-state index contributed by atoms with van der Waals surface area (Å²) in [6, 6.07) is 30.5. The van der Waals surface area contributed by atoms with Gasteiger partial charge in [0.25, 0.3) is 0 Å². The second kappa shape index (κ2) is 12.1. The van der Waals surface area contributed by atoms with Gasteiger partial charge in [-0.15, -0.1) is 11.3 Å². The number of anilines is 1. The second-order valence-corrected chi connectivity index (χ2v) is 8.59.